The minimum Gasteiger partial charge on any atom is -0.453 e. The molecule has 1 aromatic carbocycles. The van der Waals surface area contributed by atoms with Gasteiger partial charge >= 0.3 is 5.97 Å². The van der Waals surface area contributed by atoms with Crippen LogP contribution in [0.3, 0.4) is 0 Å². The normalized spacial score (nSPS) is 10.7. The summed E-state index contributed by atoms with van der Waals surface area (Å²) in [5, 5.41) is 9.26. The molecule has 0 saturated carbocycles. The number of nitrogens with zero attached hydrogens (tertiary/aromatic N) is 2. The van der Waals surface area contributed by atoms with E-state index in [0.29, 0.717) is 23.5 Å². The van der Waals surface area contributed by atoms with Crippen molar-refractivity contribution in [1.29, 1.82) is 0 Å². The molecule has 0 unspecified atom stereocenters. The number of hydrogen-bond acceptors (Lipinski definition) is 7. The predicted octanol–water partition coefficient (Wildman–Crippen LogP) is 4.38. The van der Waals surface area contributed by atoms with Crippen LogP contribution < -0.4 is 5.32 Å². The SMILES string of the molecule is CC(=O)NCCc1ccc(C(=O)COC(=O)c2cc(-c3cccs3)nn2-c2ccccc2)s1. The van der Waals surface area contributed by atoms with Gasteiger partial charge in [0.05, 0.1) is 15.4 Å². The number of thiophene rings is 2. The minimum absolute atomic E-state index is 0.0910. The zero-order valence-electron chi connectivity index (χ0n) is 17.8. The highest BCUT2D eigenvalue weighted by atomic mass is 32.1. The second kappa shape index (κ2) is 10.4. The molecule has 0 fully saturated rings. The van der Waals surface area contributed by atoms with E-state index in [9.17, 15) is 14.4 Å². The zero-order chi connectivity index (χ0) is 23.2. The Labute approximate surface area is 198 Å². The molecule has 9 heteroatoms. The van der Waals surface area contributed by atoms with Crippen LogP contribution in [-0.4, -0.2) is 40.6 Å². The first-order valence-corrected chi connectivity index (χ1v) is 11.9. The summed E-state index contributed by atoms with van der Waals surface area (Å²) in [6, 6.07) is 18.4. The van der Waals surface area contributed by atoms with Gasteiger partial charge in [-0.05, 0) is 42.1 Å². The maximum absolute atomic E-state index is 12.9. The lowest BCUT2D eigenvalue weighted by atomic mass is 10.3. The van der Waals surface area contributed by atoms with Crippen LogP contribution in [0.2, 0.25) is 0 Å². The molecule has 4 rings (SSSR count). The lowest BCUT2D eigenvalue weighted by Gasteiger charge is -2.07. The molecule has 0 aliphatic carbocycles. The molecule has 0 aliphatic rings. The van der Waals surface area contributed by atoms with Crippen molar-refractivity contribution >= 4 is 40.3 Å². The monoisotopic (exact) mass is 479 g/mol. The van der Waals surface area contributed by atoms with Crippen molar-refractivity contribution < 1.29 is 19.1 Å². The summed E-state index contributed by atoms with van der Waals surface area (Å²) in [4.78, 5) is 38.9. The van der Waals surface area contributed by atoms with Gasteiger partial charge in [0.15, 0.2) is 12.3 Å². The van der Waals surface area contributed by atoms with E-state index < -0.39 is 5.97 Å². The first-order chi connectivity index (χ1) is 16.0. The third-order valence-electron chi connectivity index (χ3n) is 4.71. The number of hydrogen-bond donors (Lipinski definition) is 1. The molecule has 1 N–H and O–H groups in total. The van der Waals surface area contributed by atoms with Gasteiger partial charge in [-0.25, -0.2) is 9.48 Å². The molecule has 0 atom stereocenters. The highest BCUT2D eigenvalue weighted by molar-refractivity contribution is 7.14. The van der Waals surface area contributed by atoms with Gasteiger partial charge in [0.1, 0.15) is 5.69 Å². The Morgan fingerprint density at radius 2 is 1.88 bits per heavy atom. The third kappa shape index (κ3) is 5.63. The average Bonchev–Trinajstić information content (AvgIpc) is 3.58. The summed E-state index contributed by atoms with van der Waals surface area (Å²) in [5.41, 5.74) is 1.63. The van der Waals surface area contributed by atoms with E-state index in [1.165, 1.54) is 34.3 Å². The number of para-hydroxylation sites is 1. The van der Waals surface area contributed by atoms with Gasteiger partial charge in [0.25, 0.3) is 0 Å². The molecule has 7 nitrogen and oxygen atoms in total. The van der Waals surface area contributed by atoms with Crippen molar-refractivity contribution in [3.05, 3.63) is 81.5 Å². The fourth-order valence-electron chi connectivity index (χ4n) is 3.14. The molecule has 0 spiro atoms. The molecular formula is C24H21N3O4S2. The number of carbonyl (C=O) groups is 3. The number of benzene rings is 1. The summed E-state index contributed by atoms with van der Waals surface area (Å²) in [7, 11) is 0. The lowest BCUT2D eigenvalue weighted by Crippen LogP contribution is -2.22. The van der Waals surface area contributed by atoms with Gasteiger partial charge in [-0.2, -0.15) is 5.10 Å². The summed E-state index contributed by atoms with van der Waals surface area (Å²) in [6.45, 7) is 1.61. The van der Waals surface area contributed by atoms with E-state index in [-0.39, 0.29) is 24.0 Å². The van der Waals surface area contributed by atoms with Gasteiger partial charge in [0, 0.05) is 24.4 Å². The van der Waals surface area contributed by atoms with E-state index >= 15 is 0 Å². The van der Waals surface area contributed by atoms with Crippen LogP contribution in [0.1, 0.15) is 32.0 Å². The number of ketones is 1. The van der Waals surface area contributed by atoms with Crippen molar-refractivity contribution in [2.24, 2.45) is 0 Å². The summed E-state index contributed by atoms with van der Waals surface area (Å²) in [5.74, 6) is -0.986. The van der Waals surface area contributed by atoms with Crippen LogP contribution in [0.4, 0.5) is 0 Å². The van der Waals surface area contributed by atoms with E-state index in [4.69, 9.17) is 4.74 Å². The van der Waals surface area contributed by atoms with Gasteiger partial charge in [-0.1, -0.05) is 24.3 Å². The maximum Gasteiger partial charge on any atom is 0.357 e. The Kier molecular flexibility index (Phi) is 7.11. The molecule has 3 heterocycles. The van der Waals surface area contributed by atoms with Gasteiger partial charge in [0.2, 0.25) is 11.7 Å². The number of esters is 1. The molecule has 0 bridgehead atoms. The first kappa shape index (κ1) is 22.6. The fourth-order valence-corrected chi connectivity index (χ4v) is 4.75. The fraction of sp³-hybridized carbons (Fsp3) is 0.167. The van der Waals surface area contributed by atoms with E-state index in [2.05, 4.69) is 10.4 Å². The summed E-state index contributed by atoms with van der Waals surface area (Å²) >= 11 is 2.86. The Morgan fingerprint density at radius 1 is 1.06 bits per heavy atom. The van der Waals surface area contributed by atoms with Crippen molar-refractivity contribution in [3.8, 4) is 16.3 Å². The highest BCUT2D eigenvalue weighted by Crippen LogP contribution is 2.26. The van der Waals surface area contributed by atoms with E-state index in [0.717, 1.165) is 15.4 Å². The third-order valence-corrected chi connectivity index (χ3v) is 6.79. The number of rotatable bonds is 9. The molecule has 4 aromatic rings. The van der Waals surface area contributed by atoms with Crippen LogP contribution in [-0.2, 0) is 16.0 Å². The molecular weight excluding hydrogens is 458 g/mol. The van der Waals surface area contributed by atoms with Gasteiger partial charge in [-0.15, -0.1) is 22.7 Å². The Bertz CT molecular complexity index is 1260. The highest BCUT2D eigenvalue weighted by Gasteiger charge is 2.21. The first-order valence-electron chi connectivity index (χ1n) is 10.2. The van der Waals surface area contributed by atoms with Crippen LogP contribution in [0.15, 0.2) is 66.0 Å². The number of aromatic nitrogens is 2. The number of ether oxygens (including phenoxy) is 1. The standard InChI is InChI=1S/C24H21N3O4S2/c1-16(28)25-12-11-18-9-10-23(33-18)21(29)15-31-24(30)20-14-19(22-8-5-13-32-22)26-27(20)17-6-3-2-4-7-17/h2-10,13-14H,11-12,15H2,1H3,(H,25,28). The van der Waals surface area contributed by atoms with Crippen LogP contribution in [0.25, 0.3) is 16.3 Å². The van der Waals surface area contributed by atoms with Crippen LogP contribution in [0.5, 0.6) is 0 Å². The quantitative estimate of drug-likeness (QED) is 0.284. The Balaban J connectivity index is 1.46. The van der Waals surface area contributed by atoms with Crippen molar-refractivity contribution in [3.63, 3.8) is 0 Å². The Hall–Kier alpha value is -3.56. The van der Waals surface area contributed by atoms with E-state index in [1.54, 1.807) is 12.1 Å². The number of Topliss-reactive ketones (excluding diaryl/α,β-unsaturated/α-hetero) is 1. The van der Waals surface area contributed by atoms with Crippen molar-refractivity contribution in [2.75, 3.05) is 13.2 Å². The summed E-state index contributed by atoms with van der Waals surface area (Å²) < 4.78 is 6.90. The predicted molar refractivity (Wildman–Crippen MR) is 128 cm³/mol. The van der Waals surface area contributed by atoms with Crippen LogP contribution in [0, 0.1) is 0 Å². The molecule has 33 heavy (non-hydrogen) atoms. The molecule has 0 aliphatic heterocycles. The topological polar surface area (TPSA) is 90.3 Å². The van der Waals surface area contributed by atoms with Gasteiger partial charge in [-0.3, -0.25) is 9.59 Å². The summed E-state index contributed by atoms with van der Waals surface area (Å²) in [6.07, 6.45) is 0.638. The van der Waals surface area contributed by atoms with Crippen LogP contribution >= 0.6 is 22.7 Å². The van der Waals surface area contributed by atoms with Crippen molar-refractivity contribution in [2.45, 2.75) is 13.3 Å². The molecule has 168 valence electrons. The van der Waals surface area contributed by atoms with E-state index in [1.807, 2.05) is 53.9 Å². The maximum atomic E-state index is 12.9. The van der Waals surface area contributed by atoms with Crippen molar-refractivity contribution in [1.82, 2.24) is 15.1 Å². The molecule has 1 amide bonds. The second-order valence-electron chi connectivity index (χ2n) is 7.14. The molecule has 0 saturated heterocycles. The van der Waals surface area contributed by atoms with Gasteiger partial charge < -0.3 is 10.1 Å². The minimum atomic E-state index is -0.620. The lowest BCUT2D eigenvalue weighted by molar-refractivity contribution is -0.118. The largest absolute Gasteiger partial charge is 0.453 e. The molecule has 0 radical (unpaired) electrons. The number of carbonyl (C=O) groups excluding carboxylic acids is 3. The second-order valence-corrected chi connectivity index (χ2v) is 9.25. The zero-order valence-corrected chi connectivity index (χ0v) is 19.4. The number of nitrogens with one attached hydrogen (secondary N) is 1. The Morgan fingerprint density at radius 3 is 2.61 bits per heavy atom. The molecule has 3 aromatic heterocycles. The smallest absolute Gasteiger partial charge is 0.357 e. The number of amides is 1. The average molecular weight is 480 g/mol.